The van der Waals surface area contributed by atoms with Gasteiger partial charge in [0, 0.05) is 19.3 Å². The Labute approximate surface area is 561 Å². The molecular formula is C69H129O24P. The van der Waals surface area contributed by atoms with Gasteiger partial charge in [-0.15, -0.1) is 0 Å². The lowest BCUT2D eigenvalue weighted by atomic mass is 9.84. The van der Waals surface area contributed by atoms with E-state index in [0.29, 0.717) is 19.3 Å². The summed E-state index contributed by atoms with van der Waals surface area (Å²) in [5, 5.41) is 110. The van der Waals surface area contributed by atoms with Crippen LogP contribution in [0.2, 0.25) is 0 Å². The van der Waals surface area contributed by atoms with Crippen molar-refractivity contribution in [3.8, 4) is 0 Å². The van der Waals surface area contributed by atoms with Crippen LogP contribution < -0.4 is 0 Å². The number of hydrogen-bond donors (Lipinski definition) is 11. The second-order valence-corrected chi connectivity index (χ2v) is 28.1. The van der Waals surface area contributed by atoms with Crippen molar-refractivity contribution in [2.45, 2.75) is 395 Å². The number of aliphatic hydroxyl groups excluding tert-OH is 10. The van der Waals surface area contributed by atoms with E-state index < -0.39 is 156 Å². The van der Waals surface area contributed by atoms with Crippen LogP contribution in [0.5, 0.6) is 0 Å². The SMILES string of the molecule is CCCCCCCCCCCCCCCCC(=O)OCC1OC(OC2C(O)C(O)C(O)C(OC3OC(CO)C(O)C(O)C3O)C2OP(=O)(O)OCC(COC(=O)CCCCCCCCCCCCCCC)OC(=O)CCCCCCCCCCCCCC)C(O)C(O)C1O. The minimum absolute atomic E-state index is 0.0336. The van der Waals surface area contributed by atoms with Crippen LogP contribution in [0.15, 0.2) is 0 Å². The standard InChI is InChI=1S/C69H129O24P/c1-4-7-10-13-16-19-22-25-27-30-32-35-38-41-44-54(72)86-49-52-57(75)59(77)64(82)69(90-52)92-66-62(80)60(78)61(79)65(91-68-63(81)58(76)56(74)51(46-70)89-68)67(66)93-94(83,84)87-48-50(88-55(73)45-42-39-36-33-28-24-21-18-15-12-9-6-3)47-85-53(71)43-40-37-34-31-29-26-23-20-17-14-11-8-5-2/h50-52,56-70,74-82H,4-49H2,1-3H3,(H,83,84). The fourth-order valence-electron chi connectivity index (χ4n) is 12.3. The summed E-state index contributed by atoms with van der Waals surface area (Å²) in [5.41, 5.74) is 0. The van der Waals surface area contributed by atoms with E-state index >= 15 is 0 Å². The summed E-state index contributed by atoms with van der Waals surface area (Å²) in [6.07, 6.45) is 7.56. The normalized spacial score (nSPS) is 28.2. The molecule has 24 nitrogen and oxygen atoms in total. The fourth-order valence-corrected chi connectivity index (χ4v) is 13.3. The van der Waals surface area contributed by atoms with Crippen LogP contribution >= 0.6 is 7.82 Å². The van der Waals surface area contributed by atoms with E-state index in [2.05, 4.69) is 20.8 Å². The highest BCUT2D eigenvalue weighted by atomic mass is 31.2. The zero-order valence-electron chi connectivity index (χ0n) is 57.5. The number of unbranched alkanes of at least 4 members (excludes halogenated alkanes) is 36. The van der Waals surface area contributed by atoms with Gasteiger partial charge in [-0.05, 0) is 19.3 Å². The molecule has 0 radical (unpaired) electrons. The minimum atomic E-state index is -5.69. The molecule has 0 amide bonds. The third-order valence-electron chi connectivity index (χ3n) is 18.4. The van der Waals surface area contributed by atoms with Crippen molar-refractivity contribution in [3.63, 3.8) is 0 Å². The highest BCUT2D eigenvalue weighted by molar-refractivity contribution is 7.47. The van der Waals surface area contributed by atoms with Crippen LogP contribution in [-0.2, 0) is 61.2 Å². The van der Waals surface area contributed by atoms with Gasteiger partial charge in [-0.3, -0.25) is 23.4 Å². The Morgan fingerprint density at radius 1 is 0.372 bits per heavy atom. The van der Waals surface area contributed by atoms with Crippen molar-refractivity contribution in [2.24, 2.45) is 0 Å². The Morgan fingerprint density at radius 3 is 1.04 bits per heavy atom. The maximum Gasteiger partial charge on any atom is 0.472 e. The van der Waals surface area contributed by atoms with Crippen LogP contribution in [0.4, 0.5) is 0 Å². The lowest BCUT2D eigenvalue weighted by molar-refractivity contribution is -0.360. The smallest absolute Gasteiger partial charge is 0.463 e. The molecular weight excluding hydrogens is 1240 g/mol. The molecule has 18 atom stereocenters. The second-order valence-electron chi connectivity index (χ2n) is 26.7. The Bertz CT molecular complexity index is 1960. The summed E-state index contributed by atoms with van der Waals surface area (Å²) >= 11 is 0. The second kappa shape index (κ2) is 52.0. The zero-order valence-corrected chi connectivity index (χ0v) is 58.4. The predicted octanol–water partition coefficient (Wildman–Crippen LogP) is 9.40. The predicted molar refractivity (Wildman–Crippen MR) is 352 cm³/mol. The Morgan fingerprint density at radius 2 is 0.681 bits per heavy atom. The van der Waals surface area contributed by atoms with Gasteiger partial charge in [-0.1, -0.05) is 252 Å². The van der Waals surface area contributed by atoms with Gasteiger partial charge in [0.1, 0.15) is 98.7 Å². The first-order valence-electron chi connectivity index (χ1n) is 36.8. The minimum Gasteiger partial charge on any atom is -0.463 e. The van der Waals surface area contributed by atoms with Crippen LogP contribution in [0.3, 0.4) is 0 Å². The average molecular weight is 1370 g/mol. The number of carbonyl (C=O) groups excluding carboxylic acids is 3. The summed E-state index contributed by atoms with van der Waals surface area (Å²) < 4.78 is 64.9. The van der Waals surface area contributed by atoms with E-state index in [0.717, 1.165) is 89.9 Å². The number of esters is 3. The molecule has 11 N–H and O–H groups in total. The highest BCUT2D eigenvalue weighted by Gasteiger charge is 2.58. The fraction of sp³-hybridized carbons (Fsp3) is 0.957. The quantitative estimate of drug-likeness (QED) is 0.0117. The van der Waals surface area contributed by atoms with Crippen molar-refractivity contribution in [3.05, 3.63) is 0 Å². The molecule has 554 valence electrons. The van der Waals surface area contributed by atoms with Gasteiger partial charge in [-0.25, -0.2) is 4.57 Å². The molecule has 0 spiro atoms. The van der Waals surface area contributed by atoms with E-state index in [1.165, 1.54) is 141 Å². The molecule has 0 aromatic rings. The first kappa shape index (κ1) is 86.2. The third kappa shape index (κ3) is 35.3. The monoisotopic (exact) mass is 1370 g/mol. The molecule has 2 saturated heterocycles. The van der Waals surface area contributed by atoms with Crippen LogP contribution in [0.25, 0.3) is 0 Å². The van der Waals surface area contributed by atoms with Crippen molar-refractivity contribution in [1.82, 2.24) is 0 Å². The summed E-state index contributed by atoms with van der Waals surface area (Å²) in [6.45, 7) is 3.44. The van der Waals surface area contributed by atoms with E-state index in [4.69, 9.17) is 42.2 Å². The van der Waals surface area contributed by atoms with Crippen molar-refractivity contribution in [1.29, 1.82) is 0 Å². The highest BCUT2D eigenvalue weighted by Crippen LogP contribution is 2.49. The molecule has 2 aliphatic heterocycles. The first-order chi connectivity index (χ1) is 45.3. The number of phosphoric ester groups is 1. The van der Waals surface area contributed by atoms with Crippen molar-refractivity contribution < 1.29 is 117 Å². The molecule has 25 heteroatoms. The Kier molecular flexibility index (Phi) is 47.7. The molecule has 1 aliphatic carbocycles. The molecule has 3 fully saturated rings. The molecule has 0 bridgehead atoms. The van der Waals surface area contributed by atoms with Gasteiger partial charge in [0.05, 0.1) is 13.2 Å². The number of carbonyl (C=O) groups is 3. The van der Waals surface area contributed by atoms with Crippen LogP contribution in [0, 0.1) is 0 Å². The Hall–Kier alpha value is -2.04. The summed E-state index contributed by atoms with van der Waals surface area (Å²) in [4.78, 5) is 50.9. The van der Waals surface area contributed by atoms with Crippen molar-refractivity contribution >= 4 is 25.7 Å². The molecule has 94 heavy (non-hydrogen) atoms. The lowest BCUT2D eigenvalue weighted by Crippen LogP contribution is -2.69. The number of ether oxygens (including phenoxy) is 7. The maximum atomic E-state index is 14.3. The maximum absolute atomic E-state index is 14.3. The lowest BCUT2D eigenvalue weighted by Gasteiger charge is -2.49. The third-order valence-corrected chi connectivity index (χ3v) is 19.4. The van der Waals surface area contributed by atoms with Crippen LogP contribution in [0.1, 0.15) is 290 Å². The summed E-state index contributed by atoms with van der Waals surface area (Å²) in [6, 6.07) is 0. The molecule has 0 aromatic heterocycles. The average Bonchev–Trinajstić information content (AvgIpc) is 0.768. The number of aliphatic hydroxyl groups is 10. The summed E-state index contributed by atoms with van der Waals surface area (Å²) in [7, 11) is -5.69. The molecule has 18 unspecified atom stereocenters. The van der Waals surface area contributed by atoms with E-state index in [9.17, 15) is 74.9 Å². The Balaban J connectivity index is 1.74. The summed E-state index contributed by atoms with van der Waals surface area (Å²) in [5.74, 6) is -1.98. The first-order valence-corrected chi connectivity index (χ1v) is 38.3. The van der Waals surface area contributed by atoms with Gasteiger partial charge in [0.15, 0.2) is 18.7 Å². The molecule has 0 aromatic carbocycles. The van der Waals surface area contributed by atoms with Crippen molar-refractivity contribution in [2.75, 3.05) is 26.4 Å². The zero-order chi connectivity index (χ0) is 68.9. The topological polar surface area (TPSA) is 374 Å². The van der Waals surface area contributed by atoms with Gasteiger partial charge in [0.2, 0.25) is 0 Å². The van der Waals surface area contributed by atoms with Gasteiger partial charge in [0.25, 0.3) is 0 Å². The van der Waals surface area contributed by atoms with Crippen LogP contribution in [-0.4, -0.2) is 204 Å². The number of hydrogen-bond acceptors (Lipinski definition) is 23. The van der Waals surface area contributed by atoms with E-state index in [1.807, 2.05) is 0 Å². The molecule has 3 aliphatic rings. The van der Waals surface area contributed by atoms with Gasteiger partial charge in [-0.2, -0.15) is 0 Å². The molecule has 2 heterocycles. The van der Waals surface area contributed by atoms with E-state index in [-0.39, 0.29) is 19.3 Å². The molecule has 3 rings (SSSR count). The number of rotatable bonds is 57. The number of phosphoric acid groups is 1. The molecule has 1 saturated carbocycles. The van der Waals surface area contributed by atoms with E-state index in [1.54, 1.807) is 0 Å². The van der Waals surface area contributed by atoms with Gasteiger partial charge >= 0.3 is 25.7 Å². The largest absolute Gasteiger partial charge is 0.472 e. The van der Waals surface area contributed by atoms with Gasteiger partial charge < -0.3 is 89.1 Å².